The average Bonchev–Trinajstić information content (AvgIpc) is 2.29. The predicted octanol–water partition coefficient (Wildman–Crippen LogP) is 1.09. The van der Waals surface area contributed by atoms with E-state index in [1.165, 1.54) is 13.0 Å². The van der Waals surface area contributed by atoms with Crippen molar-refractivity contribution in [3.63, 3.8) is 0 Å². The van der Waals surface area contributed by atoms with Crippen LogP contribution in [0.15, 0.2) is 29.8 Å². The molecule has 6 heteroatoms. The molecule has 0 spiro atoms. The van der Waals surface area contributed by atoms with E-state index in [0.717, 1.165) is 6.08 Å². The van der Waals surface area contributed by atoms with E-state index in [-0.39, 0.29) is 12.2 Å². The van der Waals surface area contributed by atoms with Gasteiger partial charge in [-0.1, -0.05) is 13.2 Å². The van der Waals surface area contributed by atoms with Crippen LogP contribution >= 0.6 is 0 Å². The molecule has 1 N–H and O–H groups in total. The molecule has 94 valence electrons. The summed E-state index contributed by atoms with van der Waals surface area (Å²) in [6.07, 6.45) is 3.01. The number of hydrogen-bond acceptors (Lipinski definition) is 5. The third-order valence-corrected chi connectivity index (χ3v) is 1.25. The topological polar surface area (TPSA) is 93.0 Å². The molecule has 0 amide bonds. The molecule has 0 aliphatic heterocycles. The number of hydrogen-bond donors (Lipinski definition) is 1. The van der Waals surface area contributed by atoms with E-state index in [2.05, 4.69) is 22.9 Å². The normalized spacial score (nSPS) is 7.82. The van der Waals surface area contributed by atoms with Crippen molar-refractivity contribution >= 4 is 18.0 Å². The smallest absolute Gasteiger partial charge is 0.330 e. The molecule has 0 radical (unpaired) electrons. The minimum absolute atomic E-state index is 0.176. The summed E-state index contributed by atoms with van der Waals surface area (Å²) in [5.41, 5.74) is 0.176. The van der Waals surface area contributed by atoms with Gasteiger partial charge >= 0.3 is 11.9 Å². The standard InChI is InChI=1S/C7H9NO3.C4H6O2/c1-2-7(10)11-5-3-4-8-6-9;1-3(2)4(5)6/h2H,1,3-5H2;1H2,2H3,(H,5,6). The Bertz CT molecular complexity index is 317. The summed E-state index contributed by atoms with van der Waals surface area (Å²) < 4.78 is 4.59. The molecule has 0 saturated heterocycles. The fourth-order valence-corrected chi connectivity index (χ4v) is 0.421. The molecule has 0 heterocycles. The molecule has 6 nitrogen and oxygen atoms in total. The maximum absolute atomic E-state index is 10.4. The third-order valence-electron chi connectivity index (χ3n) is 1.25. The first kappa shape index (κ1) is 17.2. The molecule has 0 bridgehead atoms. The second-order valence-electron chi connectivity index (χ2n) is 2.78. The molecule has 0 atom stereocenters. The quantitative estimate of drug-likeness (QED) is 0.247. The highest BCUT2D eigenvalue weighted by Crippen LogP contribution is 1.84. The lowest BCUT2D eigenvalue weighted by atomic mass is 10.4. The Hall–Kier alpha value is -2.20. The van der Waals surface area contributed by atoms with Gasteiger partial charge in [-0.05, 0) is 6.92 Å². The van der Waals surface area contributed by atoms with Crippen molar-refractivity contribution in [3.8, 4) is 0 Å². The average molecular weight is 241 g/mol. The summed E-state index contributed by atoms with van der Waals surface area (Å²) >= 11 is 0. The van der Waals surface area contributed by atoms with Crippen molar-refractivity contribution in [1.29, 1.82) is 0 Å². The van der Waals surface area contributed by atoms with Crippen molar-refractivity contribution in [2.24, 2.45) is 4.99 Å². The number of nitrogens with zero attached hydrogens (tertiary/aromatic N) is 1. The summed E-state index contributed by atoms with van der Waals surface area (Å²) in [6.45, 7) is 8.42. The van der Waals surface area contributed by atoms with Crippen LogP contribution in [-0.2, 0) is 19.1 Å². The van der Waals surface area contributed by atoms with E-state index in [4.69, 9.17) is 5.11 Å². The number of isocyanates is 1. The van der Waals surface area contributed by atoms with E-state index in [0.29, 0.717) is 13.0 Å². The Morgan fingerprint density at radius 1 is 1.53 bits per heavy atom. The summed E-state index contributed by atoms with van der Waals surface area (Å²) in [5, 5.41) is 7.89. The maximum atomic E-state index is 10.4. The number of aliphatic carboxylic acids is 1. The molecular formula is C11H15NO5. The van der Waals surface area contributed by atoms with Crippen LogP contribution in [0.25, 0.3) is 0 Å². The second kappa shape index (κ2) is 11.9. The minimum atomic E-state index is -0.935. The summed E-state index contributed by atoms with van der Waals surface area (Å²) in [7, 11) is 0. The third kappa shape index (κ3) is 16.5. The number of aliphatic imine (C=N–C) groups is 1. The van der Waals surface area contributed by atoms with Crippen LogP contribution in [0, 0.1) is 0 Å². The van der Waals surface area contributed by atoms with Crippen LogP contribution in [0.5, 0.6) is 0 Å². The van der Waals surface area contributed by atoms with Gasteiger partial charge in [0, 0.05) is 18.1 Å². The molecule has 0 aliphatic rings. The number of carboxylic acid groups (broad SMARTS) is 1. The molecular weight excluding hydrogens is 226 g/mol. The summed E-state index contributed by atoms with van der Waals surface area (Å²) in [4.78, 5) is 32.8. The predicted molar refractivity (Wildman–Crippen MR) is 61.2 cm³/mol. The van der Waals surface area contributed by atoms with Crippen molar-refractivity contribution in [2.75, 3.05) is 13.2 Å². The van der Waals surface area contributed by atoms with Gasteiger partial charge in [-0.2, -0.15) is 0 Å². The SMILES string of the molecule is C=C(C)C(=O)O.C=CC(=O)OCCCN=C=O. The Morgan fingerprint density at radius 3 is 2.41 bits per heavy atom. The zero-order chi connectivity index (χ0) is 13.7. The van der Waals surface area contributed by atoms with Crippen molar-refractivity contribution in [3.05, 3.63) is 24.8 Å². The lowest BCUT2D eigenvalue weighted by Gasteiger charge is -1.97. The van der Waals surface area contributed by atoms with Gasteiger partial charge in [0.15, 0.2) is 0 Å². The van der Waals surface area contributed by atoms with E-state index in [1.54, 1.807) is 0 Å². The first-order chi connectivity index (χ1) is 7.95. The lowest BCUT2D eigenvalue weighted by molar-refractivity contribution is -0.137. The minimum Gasteiger partial charge on any atom is -0.478 e. The van der Waals surface area contributed by atoms with Crippen molar-refractivity contribution in [2.45, 2.75) is 13.3 Å². The largest absolute Gasteiger partial charge is 0.478 e. The maximum Gasteiger partial charge on any atom is 0.330 e. The Kier molecular flexibility index (Phi) is 12.0. The van der Waals surface area contributed by atoms with Crippen molar-refractivity contribution < 1.29 is 24.2 Å². The lowest BCUT2D eigenvalue weighted by Crippen LogP contribution is -2.02. The van der Waals surface area contributed by atoms with Gasteiger partial charge in [0.05, 0.1) is 13.2 Å². The Labute approximate surface area is 99.3 Å². The number of esters is 1. The van der Waals surface area contributed by atoms with E-state index in [9.17, 15) is 14.4 Å². The Morgan fingerprint density at radius 2 is 2.06 bits per heavy atom. The highest BCUT2D eigenvalue weighted by Gasteiger charge is 1.92. The molecule has 0 rings (SSSR count). The fraction of sp³-hybridized carbons (Fsp3) is 0.364. The van der Waals surface area contributed by atoms with Gasteiger partial charge in [0.1, 0.15) is 0 Å². The highest BCUT2D eigenvalue weighted by atomic mass is 16.5. The first-order valence-corrected chi connectivity index (χ1v) is 4.67. The molecule has 0 aromatic carbocycles. The fourth-order valence-electron chi connectivity index (χ4n) is 0.421. The molecule has 0 unspecified atom stereocenters. The van der Waals surface area contributed by atoms with Gasteiger partial charge in [-0.3, -0.25) is 0 Å². The zero-order valence-corrected chi connectivity index (χ0v) is 9.64. The van der Waals surface area contributed by atoms with Crippen LogP contribution in [0.3, 0.4) is 0 Å². The molecule has 0 aromatic rings. The van der Waals surface area contributed by atoms with Crippen LogP contribution in [0.4, 0.5) is 0 Å². The molecule has 0 aromatic heterocycles. The number of rotatable bonds is 6. The van der Waals surface area contributed by atoms with E-state index >= 15 is 0 Å². The summed E-state index contributed by atoms with van der Waals surface area (Å²) in [5.74, 6) is -1.39. The van der Waals surface area contributed by atoms with Crippen LogP contribution in [0.2, 0.25) is 0 Å². The van der Waals surface area contributed by atoms with E-state index in [1.807, 2.05) is 0 Å². The van der Waals surface area contributed by atoms with Crippen molar-refractivity contribution in [1.82, 2.24) is 0 Å². The zero-order valence-electron chi connectivity index (χ0n) is 9.64. The summed E-state index contributed by atoms with van der Waals surface area (Å²) in [6, 6.07) is 0. The van der Waals surface area contributed by atoms with Crippen LogP contribution in [-0.4, -0.2) is 36.3 Å². The first-order valence-electron chi connectivity index (χ1n) is 4.67. The number of carbonyl (C=O) groups is 2. The van der Waals surface area contributed by atoms with Crippen LogP contribution < -0.4 is 0 Å². The van der Waals surface area contributed by atoms with Gasteiger partial charge < -0.3 is 9.84 Å². The van der Waals surface area contributed by atoms with Gasteiger partial charge in [0.2, 0.25) is 6.08 Å². The highest BCUT2D eigenvalue weighted by molar-refractivity contribution is 5.84. The molecule has 0 fully saturated rings. The molecule has 17 heavy (non-hydrogen) atoms. The van der Waals surface area contributed by atoms with Crippen LogP contribution in [0.1, 0.15) is 13.3 Å². The number of carbonyl (C=O) groups excluding carboxylic acids is 2. The van der Waals surface area contributed by atoms with Gasteiger partial charge in [-0.25, -0.2) is 19.4 Å². The number of carboxylic acids is 1. The number of ether oxygens (including phenoxy) is 1. The monoisotopic (exact) mass is 241 g/mol. The Balaban J connectivity index is 0. The van der Waals surface area contributed by atoms with E-state index < -0.39 is 11.9 Å². The molecule has 0 saturated carbocycles. The van der Waals surface area contributed by atoms with Gasteiger partial charge in [0.25, 0.3) is 0 Å². The molecule has 0 aliphatic carbocycles. The van der Waals surface area contributed by atoms with Gasteiger partial charge in [-0.15, -0.1) is 0 Å². The second-order valence-corrected chi connectivity index (χ2v) is 2.78.